The van der Waals surface area contributed by atoms with Crippen molar-refractivity contribution in [1.82, 2.24) is 0 Å². The van der Waals surface area contributed by atoms with Crippen molar-refractivity contribution in [3.05, 3.63) is 56.5 Å². The molecule has 0 radical (unpaired) electrons. The summed E-state index contributed by atoms with van der Waals surface area (Å²) >= 11 is 7.14. The van der Waals surface area contributed by atoms with Crippen LogP contribution in [0.15, 0.2) is 45.3 Å². The van der Waals surface area contributed by atoms with E-state index in [1.165, 1.54) is 0 Å². The van der Waals surface area contributed by atoms with Crippen LogP contribution in [0.25, 0.3) is 0 Å². The molecule has 0 fully saturated rings. The van der Waals surface area contributed by atoms with Gasteiger partial charge in [0.1, 0.15) is 11.5 Å². The summed E-state index contributed by atoms with van der Waals surface area (Å²) in [5.74, 6) is 0.465. The Hall–Kier alpha value is -1.86. The summed E-state index contributed by atoms with van der Waals surface area (Å²) < 4.78 is 18.3. The highest BCUT2D eigenvalue weighted by atomic mass is 79.9. The molecule has 2 aromatic carbocycles. The monoisotopic (exact) mass is 610 g/mol. The van der Waals surface area contributed by atoms with Gasteiger partial charge in [-0.1, -0.05) is 38.8 Å². The van der Waals surface area contributed by atoms with Crippen LogP contribution in [-0.4, -0.2) is 25.2 Å². The molecule has 0 N–H and O–H groups in total. The Bertz CT molecular complexity index is 935. The third-order valence-electron chi connectivity index (χ3n) is 5.68. The van der Waals surface area contributed by atoms with E-state index in [1.807, 2.05) is 38.1 Å². The van der Waals surface area contributed by atoms with Crippen molar-refractivity contribution in [2.24, 2.45) is 11.8 Å². The zero-order chi connectivity index (χ0) is 25.8. The second-order valence-electron chi connectivity index (χ2n) is 8.52. The number of ether oxygens (including phenoxy) is 3. The second kappa shape index (κ2) is 15.3. The van der Waals surface area contributed by atoms with E-state index in [9.17, 15) is 9.59 Å². The normalized spacial score (nSPS) is 12.6. The second-order valence-corrected chi connectivity index (χ2v) is 10.2. The first-order valence-electron chi connectivity index (χ1n) is 12.4. The number of benzene rings is 2. The molecule has 0 heterocycles. The molecule has 2 atom stereocenters. The standard InChI is InChI=1S/C28H36Br2O5/c1-5-9-21(27(31)34-8-4)15-19-11-13-23(14-12-19)35-28(32)22(10-6-2)16-20-17-24(29)26(33-7-3)25(30)18-20/h11-14,17-18,21-22H,5-10,15-16H2,1-4H3/t21-,22-/m0/s1. The zero-order valence-corrected chi connectivity index (χ0v) is 24.2. The van der Waals surface area contributed by atoms with Crippen LogP contribution in [0.2, 0.25) is 0 Å². The van der Waals surface area contributed by atoms with Crippen molar-refractivity contribution in [2.75, 3.05) is 13.2 Å². The fraction of sp³-hybridized carbons (Fsp3) is 0.500. The van der Waals surface area contributed by atoms with Gasteiger partial charge in [0, 0.05) is 0 Å². The maximum atomic E-state index is 13.0. The maximum absolute atomic E-state index is 13.0. The first-order chi connectivity index (χ1) is 16.8. The zero-order valence-electron chi connectivity index (χ0n) is 21.1. The van der Waals surface area contributed by atoms with Crippen LogP contribution >= 0.6 is 31.9 Å². The lowest BCUT2D eigenvalue weighted by Gasteiger charge is -2.17. The topological polar surface area (TPSA) is 61.8 Å². The highest BCUT2D eigenvalue weighted by molar-refractivity contribution is 9.11. The number of carbonyl (C=O) groups excluding carboxylic acids is 2. The molecule has 2 aromatic rings. The van der Waals surface area contributed by atoms with Crippen molar-refractivity contribution in [2.45, 2.75) is 66.2 Å². The van der Waals surface area contributed by atoms with Crippen LogP contribution in [0.4, 0.5) is 0 Å². The van der Waals surface area contributed by atoms with Gasteiger partial charge in [-0.05, 0) is 107 Å². The van der Waals surface area contributed by atoms with Gasteiger partial charge >= 0.3 is 11.9 Å². The van der Waals surface area contributed by atoms with Gasteiger partial charge in [0.15, 0.2) is 0 Å². The molecule has 192 valence electrons. The molecule has 2 rings (SSSR count). The van der Waals surface area contributed by atoms with Gasteiger partial charge in [0.2, 0.25) is 0 Å². The van der Waals surface area contributed by atoms with Crippen molar-refractivity contribution >= 4 is 43.8 Å². The number of halogens is 2. The van der Waals surface area contributed by atoms with Crippen molar-refractivity contribution in [3.63, 3.8) is 0 Å². The molecular formula is C28H36Br2O5. The van der Waals surface area contributed by atoms with Gasteiger partial charge < -0.3 is 14.2 Å². The molecule has 0 unspecified atom stereocenters. The van der Waals surface area contributed by atoms with Crippen LogP contribution < -0.4 is 9.47 Å². The van der Waals surface area contributed by atoms with E-state index >= 15 is 0 Å². The largest absolute Gasteiger partial charge is 0.492 e. The van der Waals surface area contributed by atoms with Crippen LogP contribution in [0.5, 0.6) is 11.5 Å². The third kappa shape index (κ3) is 9.26. The van der Waals surface area contributed by atoms with Crippen LogP contribution in [-0.2, 0) is 27.2 Å². The van der Waals surface area contributed by atoms with E-state index in [0.717, 1.165) is 51.5 Å². The first-order valence-corrected chi connectivity index (χ1v) is 14.0. The lowest BCUT2D eigenvalue weighted by molar-refractivity contribution is -0.148. The van der Waals surface area contributed by atoms with E-state index in [2.05, 4.69) is 45.7 Å². The lowest BCUT2D eigenvalue weighted by Crippen LogP contribution is -2.23. The highest BCUT2D eigenvalue weighted by Gasteiger charge is 2.23. The summed E-state index contributed by atoms with van der Waals surface area (Å²) in [5, 5.41) is 0. The van der Waals surface area contributed by atoms with Crippen molar-refractivity contribution < 1.29 is 23.8 Å². The summed E-state index contributed by atoms with van der Waals surface area (Å²) in [6.45, 7) is 8.85. The van der Waals surface area contributed by atoms with Crippen LogP contribution in [0.1, 0.15) is 64.5 Å². The number of hydrogen-bond acceptors (Lipinski definition) is 5. The Morgan fingerprint density at radius 3 is 1.83 bits per heavy atom. The van der Waals surface area contributed by atoms with Crippen molar-refractivity contribution in [3.8, 4) is 11.5 Å². The lowest BCUT2D eigenvalue weighted by atomic mass is 9.94. The van der Waals surface area contributed by atoms with E-state index in [1.54, 1.807) is 12.1 Å². The Morgan fingerprint density at radius 2 is 1.31 bits per heavy atom. The Labute approximate surface area is 226 Å². The average molecular weight is 612 g/mol. The molecule has 0 spiro atoms. The molecule has 7 heteroatoms. The predicted octanol–water partition coefficient (Wildman–Crippen LogP) is 7.70. The molecule has 0 bridgehead atoms. The predicted molar refractivity (Wildman–Crippen MR) is 146 cm³/mol. The third-order valence-corrected chi connectivity index (χ3v) is 6.86. The molecule has 0 amide bonds. The Morgan fingerprint density at radius 1 is 0.771 bits per heavy atom. The average Bonchev–Trinajstić information content (AvgIpc) is 2.82. The van der Waals surface area contributed by atoms with Gasteiger partial charge in [-0.25, -0.2) is 0 Å². The number of rotatable bonds is 14. The van der Waals surface area contributed by atoms with Gasteiger partial charge in [0.25, 0.3) is 0 Å². The Kier molecular flexibility index (Phi) is 12.8. The van der Waals surface area contributed by atoms with Gasteiger partial charge in [0.05, 0.1) is 34.0 Å². The van der Waals surface area contributed by atoms with Gasteiger partial charge in [-0.3, -0.25) is 9.59 Å². The van der Waals surface area contributed by atoms with Crippen LogP contribution in [0.3, 0.4) is 0 Å². The molecular weight excluding hydrogens is 576 g/mol. The summed E-state index contributed by atoms with van der Waals surface area (Å²) in [4.78, 5) is 25.2. The summed E-state index contributed by atoms with van der Waals surface area (Å²) in [7, 11) is 0. The minimum Gasteiger partial charge on any atom is -0.492 e. The fourth-order valence-electron chi connectivity index (χ4n) is 4.04. The summed E-state index contributed by atoms with van der Waals surface area (Å²) in [6.07, 6.45) is 4.50. The van der Waals surface area contributed by atoms with E-state index in [4.69, 9.17) is 14.2 Å². The van der Waals surface area contributed by atoms with Crippen molar-refractivity contribution in [1.29, 1.82) is 0 Å². The maximum Gasteiger partial charge on any atom is 0.314 e. The van der Waals surface area contributed by atoms with E-state index in [-0.39, 0.29) is 23.8 Å². The highest BCUT2D eigenvalue weighted by Crippen LogP contribution is 2.36. The number of hydrogen-bond donors (Lipinski definition) is 0. The SMILES string of the molecule is CCC[C@@H](Cc1ccc(OC(=O)[C@@H](CCC)Cc2cc(Br)c(OCC)c(Br)c2)cc1)C(=O)OCC. The molecule has 35 heavy (non-hydrogen) atoms. The number of esters is 2. The molecule has 5 nitrogen and oxygen atoms in total. The quantitative estimate of drug-likeness (QED) is 0.162. The molecule has 0 aliphatic rings. The molecule has 0 aliphatic heterocycles. The van der Waals surface area contributed by atoms with E-state index < -0.39 is 0 Å². The molecule has 0 aliphatic carbocycles. The first kappa shape index (κ1) is 29.4. The number of carbonyl (C=O) groups is 2. The molecule has 0 saturated carbocycles. The summed E-state index contributed by atoms with van der Waals surface area (Å²) in [5.41, 5.74) is 2.05. The summed E-state index contributed by atoms with van der Waals surface area (Å²) in [6, 6.07) is 11.4. The minimum atomic E-state index is -0.255. The smallest absolute Gasteiger partial charge is 0.314 e. The molecule has 0 saturated heterocycles. The van der Waals surface area contributed by atoms with Gasteiger partial charge in [-0.2, -0.15) is 0 Å². The van der Waals surface area contributed by atoms with Crippen LogP contribution in [0, 0.1) is 11.8 Å². The minimum absolute atomic E-state index is 0.153. The Balaban J connectivity index is 2.06. The van der Waals surface area contributed by atoms with E-state index in [0.29, 0.717) is 31.8 Å². The molecule has 0 aromatic heterocycles. The van der Waals surface area contributed by atoms with Gasteiger partial charge in [-0.15, -0.1) is 0 Å². The fourth-order valence-corrected chi connectivity index (χ4v) is 5.55.